The van der Waals surface area contributed by atoms with Crippen LogP contribution in [0.25, 0.3) is 0 Å². The van der Waals surface area contributed by atoms with E-state index in [1.807, 2.05) is 6.92 Å². The number of aryl methyl sites for hydroxylation is 2. The number of rotatable bonds is 3. The number of benzene rings is 1. The standard InChI is InChI=1S/C12H13Cl2N3O/c1-3-9-11(15)12(17(2)16-9)18-10-5-4-7(13)6-8(10)14/h4-6H,3,15H2,1-2H3. The van der Waals surface area contributed by atoms with Gasteiger partial charge < -0.3 is 10.5 Å². The van der Waals surface area contributed by atoms with Crippen molar-refractivity contribution in [2.45, 2.75) is 13.3 Å². The number of hydrogen-bond donors (Lipinski definition) is 1. The fourth-order valence-corrected chi connectivity index (χ4v) is 2.07. The van der Waals surface area contributed by atoms with Crippen LogP contribution in [0.3, 0.4) is 0 Å². The van der Waals surface area contributed by atoms with Crippen LogP contribution in [0.2, 0.25) is 10.0 Å². The highest BCUT2D eigenvalue weighted by molar-refractivity contribution is 6.35. The van der Waals surface area contributed by atoms with Crippen LogP contribution in [0.15, 0.2) is 18.2 Å². The Morgan fingerprint density at radius 2 is 2.11 bits per heavy atom. The summed E-state index contributed by atoms with van der Waals surface area (Å²) in [5.41, 5.74) is 7.30. The van der Waals surface area contributed by atoms with Gasteiger partial charge in [0.05, 0.1) is 10.7 Å². The minimum Gasteiger partial charge on any atom is -0.436 e. The van der Waals surface area contributed by atoms with E-state index in [0.29, 0.717) is 27.4 Å². The smallest absolute Gasteiger partial charge is 0.241 e. The SMILES string of the molecule is CCc1nn(C)c(Oc2ccc(Cl)cc2Cl)c1N. The number of aromatic nitrogens is 2. The van der Waals surface area contributed by atoms with Crippen LogP contribution in [-0.2, 0) is 13.5 Å². The third-order valence-corrected chi connectivity index (χ3v) is 3.07. The summed E-state index contributed by atoms with van der Waals surface area (Å²) in [5.74, 6) is 0.981. The van der Waals surface area contributed by atoms with Crippen molar-refractivity contribution in [1.82, 2.24) is 9.78 Å². The molecule has 0 radical (unpaired) electrons. The van der Waals surface area contributed by atoms with E-state index in [0.717, 1.165) is 12.1 Å². The lowest BCUT2D eigenvalue weighted by Gasteiger charge is -2.08. The number of halogens is 2. The predicted molar refractivity (Wildman–Crippen MR) is 73.5 cm³/mol. The van der Waals surface area contributed by atoms with Crippen LogP contribution in [0.4, 0.5) is 5.69 Å². The van der Waals surface area contributed by atoms with Crippen molar-refractivity contribution >= 4 is 28.9 Å². The summed E-state index contributed by atoms with van der Waals surface area (Å²) in [5, 5.41) is 5.26. The van der Waals surface area contributed by atoms with Crippen molar-refractivity contribution in [2.75, 3.05) is 5.73 Å². The Hall–Kier alpha value is -1.39. The van der Waals surface area contributed by atoms with E-state index in [4.69, 9.17) is 33.7 Å². The van der Waals surface area contributed by atoms with Crippen LogP contribution < -0.4 is 10.5 Å². The van der Waals surface area contributed by atoms with Crippen LogP contribution in [0.5, 0.6) is 11.6 Å². The van der Waals surface area contributed by atoms with Gasteiger partial charge in [-0.15, -0.1) is 0 Å². The molecule has 0 aliphatic carbocycles. The summed E-state index contributed by atoms with van der Waals surface area (Å²) in [7, 11) is 1.77. The van der Waals surface area contributed by atoms with Gasteiger partial charge in [0.15, 0.2) is 0 Å². The van der Waals surface area contributed by atoms with Crippen LogP contribution in [-0.4, -0.2) is 9.78 Å². The van der Waals surface area contributed by atoms with Crippen molar-refractivity contribution in [3.05, 3.63) is 33.9 Å². The van der Waals surface area contributed by atoms with E-state index in [1.54, 1.807) is 29.9 Å². The molecule has 0 unspecified atom stereocenters. The molecule has 0 spiro atoms. The Bertz CT molecular complexity index is 581. The highest BCUT2D eigenvalue weighted by Crippen LogP contribution is 2.35. The van der Waals surface area contributed by atoms with Crippen molar-refractivity contribution in [3.8, 4) is 11.6 Å². The highest BCUT2D eigenvalue weighted by Gasteiger charge is 2.15. The van der Waals surface area contributed by atoms with Gasteiger partial charge in [-0.25, -0.2) is 4.68 Å². The lowest BCUT2D eigenvalue weighted by atomic mass is 10.3. The Labute approximate surface area is 115 Å². The molecule has 2 N–H and O–H groups in total. The molecule has 96 valence electrons. The maximum absolute atomic E-state index is 6.04. The topological polar surface area (TPSA) is 53.1 Å². The molecule has 0 saturated carbocycles. The predicted octanol–water partition coefficient (Wildman–Crippen LogP) is 3.66. The Kier molecular flexibility index (Phi) is 3.68. The molecule has 1 aromatic heterocycles. The lowest BCUT2D eigenvalue weighted by molar-refractivity contribution is 0.432. The molecule has 0 aliphatic heterocycles. The second-order valence-corrected chi connectivity index (χ2v) is 4.66. The first-order valence-corrected chi connectivity index (χ1v) is 6.22. The molecule has 0 amide bonds. The summed E-state index contributed by atoms with van der Waals surface area (Å²) in [6.45, 7) is 1.98. The normalized spacial score (nSPS) is 10.7. The van der Waals surface area contributed by atoms with Crippen molar-refractivity contribution < 1.29 is 4.74 Å². The molecule has 0 aliphatic rings. The summed E-state index contributed by atoms with van der Waals surface area (Å²) in [6.07, 6.45) is 0.747. The van der Waals surface area contributed by atoms with Gasteiger partial charge in [0, 0.05) is 12.1 Å². The first-order chi connectivity index (χ1) is 8.52. The number of anilines is 1. The molecule has 0 fully saturated rings. The van der Waals surface area contributed by atoms with Crippen LogP contribution >= 0.6 is 23.2 Å². The number of nitrogens with two attached hydrogens (primary N) is 1. The molecule has 4 nitrogen and oxygen atoms in total. The fourth-order valence-electron chi connectivity index (χ4n) is 1.62. The first kappa shape index (κ1) is 13.1. The largest absolute Gasteiger partial charge is 0.436 e. The van der Waals surface area contributed by atoms with Crippen molar-refractivity contribution in [2.24, 2.45) is 7.05 Å². The monoisotopic (exact) mass is 285 g/mol. The zero-order chi connectivity index (χ0) is 13.3. The van der Waals surface area contributed by atoms with Crippen molar-refractivity contribution in [3.63, 3.8) is 0 Å². The van der Waals surface area contributed by atoms with E-state index in [-0.39, 0.29) is 0 Å². The van der Waals surface area contributed by atoms with Gasteiger partial charge in [0.2, 0.25) is 5.88 Å². The van der Waals surface area contributed by atoms with E-state index in [1.165, 1.54) is 0 Å². The second kappa shape index (κ2) is 5.08. The van der Waals surface area contributed by atoms with E-state index < -0.39 is 0 Å². The van der Waals surface area contributed by atoms with Crippen molar-refractivity contribution in [1.29, 1.82) is 0 Å². The summed E-state index contributed by atoms with van der Waals surface area (Å²) in [6, 6.07) is 5.02. The Balaban J connectivity index is 2.37. The Morgan fingerprint density at radius 1 is 1.39 bits per heavy atom. The third kappa shape index (κ3) is 2.40. The first-order valence-electron chi connectivity index (χ1n) is 5.47. The molecule has 18 heavy (non-hydrogen) atoms. The van der Waals surface area contributed by atoms with Gasteiger partial charge >= 0.3 is 0 Å². The maximum Gasteiger partial charge on any atom is 0.241 e. The fraction of sp³-hybridized carbons (Fsp3) is 0.250. The van der Waals surface area contributed by atoms with Gasteiger partial charge in [-0.3, -0.25) is 0 Å². The minimum atomic E-state index is 0.432. The number of ether oxygens (including phenoxy) is 1. The van der Waals surface area contributed by atoms with E-state index in [2.05, 4.69) is 5.10 Å². The molecular formula is C12H13Cl2N3O. The average molecular weight is 286 g/mol. The molecule has 1 heterocycles. The number of nitrogen functional groups attached to an aromatic ring is 1. The minimum absolute atomic E-state index is 0.432. The quantitative estimate of drug-likeness (QED) is 0.936. The van der Waals surface area contributed by atoms with E-state index in [9.17, 15) is 0 Å². The van der Waals surface area contributed by atoms with Gasteiger partial charge in [-0.2, -0.15) is 5.10 Å². The molecule has 0 atom stereocenters. The molecule has 2 rings (SSSR count). The summed E-state index contributed by atoms with van der Waals surface area (Å²) in [4.78, 5) is 0. The van der Waals surface area contributed by atoms with Gasteiger partial charge in [-0.1, -0.05) is 30.1 Å². The van der Waals surface area contributed by atoms with Gasteiger partial charge in [-0.05, 0) is 24.6 Å². The molecular weight excluding hydrogens is 273 g/mol. The summed E-state index contributed by atoms with van der Waals surface area (Å²) >= 11 is 11.9. The average Bonchev–Trinajstić information content (AvgIpc) is 2.59. The molecule has 1 aromatic carbocycles. The van der Waals surface area contributed by atoms with E-state index >= 15 is 0 Å². The highest BCUT2D eigenvalue weighted by atomic mass is 35.5. The third-order valence-electron chi connectivity index (χ3n) is 2.54. The lowest BCUT2D eigenvalue weighted by Crippen LogP contribution is -1.97. The maximum atomic E-state index is 6.04. The zero-order valence-corrected chi connectivity index (χ0v) is 11.6. The molecule has 0 saturated heterocycles. The van der Waals surface area contributed by atoms with Gasteiger partial charge in [0.25, 0.3) is 0 Å². The number of hydrogen-bond acceptors (Lipinski definition) is 3. The number of nitrogens with zero attached hydrogens (tertiary/aromatic N) is 2. The van der Waals surface area contributed by atoms with Crippen LogP contribution in [0, 0.1) is 0 Å². The molecule has 2 aromatic rings. The second-order valence-electron chi connectivity index (χ2n) is 3.82. The van der Waals surface area contributed by atoms with Crippen LogP contribution in [0.1, 0.15) is 12.6 Å². The molecule has 0 bridgehead atoms. The van der Waals surface area contributed by atoms with Gasteiger partial charge in [0.1, 0.15) is 11.4 Å². The summed E-state index contributed by atoms with van der Waals surface area (Å²) < 4.78 is 7.29. The molecule has 6 heteroatoms. The Morgan fingerprint density at radius 3 is 2.67 bits per heavy atom. The zero-order valence-electron chi connectivity index (χ0n) is 10.1.